The van der Waals surface area contributed by atoms with Crippen molar-refractivity contribution < 1.29 is 9.59 Å². The van der Waals surface area contributed by atoms with E-state index in [9.17, 15) is 9.59 Å². The summed E-state index contributed by atoms with van der Waals surface area (Å²) in [7, 11) is 1.78. The average Bonchev–Trinajstić information content (AvgIpc) is 2.57. The van der Waals surface area contributed by atoms with Crippen LogP contribution < -0.4 is 10.6 Å². The Morgan fingerprint density at radius 1 is 1.56 bits per heavy atom. The Kier molecular flexibility index (Phi) is 4.50. The summed E-state index contributed by atoms with van der Waals surface area (Å²) in [4.78, 5) is 21.6. The molecule has 1 aromatic heterocycles. The van der Waals surface area contributed by atoms with Crippen molar-refractivity contribution in [2.45, 2.75) is 13.3 Å². The van der Waals surface area contributed by atoms with E-state index in [1.807, 2.05) is 0 Å². The second-order valence-electron chi connectivity index (χ2n) is 3.48. The van der Waals surface area contributed by atoms with Gasteiger partial charge in [0.05, 0.1) is 11.3 Å². The number of hydrogen-bond acceptors (Lipinski definition) is 3. The molecule has 0 saturated carbocycles. The normalized spacial score (nSPS) is 9.88. The van der Waals surface area contributed by atoms with E-state index in [4.69, 9.17) is 0 Å². The third-order valence-electron chi connectivity index (χ3n) is 2.12. The maximum Gasteiger partial charge on any atom is 0.254 e. The van der Waals surface area contributed by atoms with E-state index < -0.39 is 0 Å². The first kappa shape index (κ1) is 12.2. The highest BCUT2D eigenvalue weighted by atomic mass is 16.1. The molecule has 0 saturated heterocycles. The van der Waals surface area contributed by atoms with Crippen LogP contribution in [0, 0.1) is 6.92 Å². The minimum atomic E-state index is -0.128. The minimum absolute atomic E-state index is 0.128. The zero-order valence-corrected chi connectivity index (χ0v) is 9.49. The third-order valence-corrected chi connectivity index (χ3v) is 2.12. The molecular weight excluding hydrogens is 208 g/mol. The van der Waals surface area contributed by atoms with E-state index in [1.54, 1.807) is 24.9 Å². The van der Waals surface area contributed by atoms with Crippen LogP contribution in [-0.2, 0) is 11.8 Å². The molecule has 2 amide bonds. The molecule has 1 rings (SSSR count). The summed E-state index contributed by atoms with van der Waals surface area (Å²) in [6.45, 7) is 2.90. The van der Waals surface area contributed by atoms with Gasteiger partial charge in [-0.05, 0) is 13.3 Å². The summed E-state index contributed by atoms with van der Waals surface area (Å²) >= 11 is 0. The van der Waals surface area contributed by atoms with E-state index in [0.29, 0.717) is 37.2 Å². The predicted octanol–water partition coefficient (Wildman–Crippen LogP) is -0.406. The molecule has 16 heavy (non-hydrogen) atoms. The van der Waals surface area contributed by atoms with Gasteiger partial charge in [-0.25, -0.2) is 0 Å². The maximum absolute atomic E-state index is 11.7. The molecule has 0 bridgehead atoms. The molecule has 0 atom stereocenters. The molecule has 6 heteroatoms. The Morgan fingerprint density at radius 2 is 2.31 bits per heavy atom. The number of hydrogen-bond donors (Lipinski definition) is 2. The van der Waals surface area contributed by atoms with Gasteiger partial charge < -0.3 is 10.6 Å². The number of carbonyl (C=O) groups excluding carboxylic acids is 2. The minimum Gasteiger partial charge on any atom is -0.359 e. The summed E-state index contributed by atoms with van der Waals surface area (Å²) in [5.74, 6) is -0.128. The van der Waals surface area contributed by atoms with Crippen LogP contribution in [0.3, 0.4) is 0 Å². The van der Waals surface area contributed by atoms with Crippen molar-refractivity contribution in [3.63, 3.8) is 0 Å². The van der Waals surface area contributed by atoms with Crippen molar-refractivity contribution in [1.29, 1.82) is 0 Å². The second kappa shape index (κ2) is 5.89. The molecule has 0 aromatic carbocycles. The lowest BCUT2D eigenvalue weighted by Crippen LogP contribution is -2.27. The fourth-order valence-electron chi connectivity index (χ4n) is 1.37. The van der Waals surface area contributed by atoms with E-state index in [-0.39, 0.29) is 5.91 Å². The highest BCUT2D eigenvalue weighted by Gasteiger charge is 2.11. The summed E-state index contributed by atoms with van der Waals surface area (Å²) in [5, 5.41) is 9.38. The van der Waals surface area contributed by atoms with Crippen molar-refractivity contribution in [1.82, 2.24) is 20.4 Å². The molecule has 6 nitrogen and oxygen atoms in total. The van der Waals surface area contributed by atoms with Crippen LogP contribution in [0.25, 0.3) is 0 Å². The number of aryl methyl sites for hydroxylation is 2. The van der Waals surface area contributed by atoms with Gasteiger partial charge in [-0.1, -0.05) is 0 Å². The van der Waals surface area contributed by atoms with Gasteiger partial charge in [-0.15, -0.1) is 0 Å². The first-order chi connectivity index (χ1) is 7.65. The number of amides is 2. The van der Waals surface area contributed by atoms with Crippen molar-refractivity contribution in [3.05, 3.63) is 17.5 Å². The molecule has 1 aromatic rings. The molecule has 0 aliphatic carbocycles. The monoisotopic (exact) mass is 224 g/mol. The maximum atomic E-state index is 11.7. The quantitative estimate of drug-likeness (QED) is 0.509. The predicted molar refractivity (Wildman–Crippen MR) is 59.0 cm³/mol. The molecule has 0 unspecified atom stereocenters. The van der Waals surface area contributed by atoms with E-state index in [2.05, 4.69) is 15.7 Å². The van der Waals surface area contributed by atoms with E-state index in [0.717, 1.165) is 0 Å². The number of rotatable bonds is 6. The van der Waals surface area contributed by atoms with Crippen LogP contribution in [-0.4, -0.2) is 35.2 Å². The largest absolute Gasteiger partial charge is 0.359 e. The van der Waals surface area contributed by atoms with Gasteiger partial charge in [-0.2, -0.15) is 5.10 Å². The van der Waals surface area contributed by atoms with Gasteiger partial charge in [0.2, 0.25) is 6.41 Å². The number of carbonyl (C=O) groups is 2. The van der Waals surface area contributed by atoms with Gasteiger partial charge in [0.1, 0.15) is 0 Å². The standard InChI is InChI=1S/C10H16N4O2/c1-8-9(6-14(2)13-8)10(16)12-5-3-4-11-7-15/h6-7H,3-5H2,1-2H3,(H,11,15)(H,12,16). The molecule has 0 aliphatic heterocycles. The zero-order valence-electron chi connectivity index (χ0n) is 9.49. The first-order valence-corrected chi connectivity index (χ1v) is 5.10. The Hall–Kier alpha value is -1.85. The molecule has 0 radical (unpaired) electrons. The topological polar surface area (TPSA) is 76.0 Å². The SMILES string of the molecule is Cc1nn(C)cc1C(=O)NCCCNC=O. The van der Waals surface area contributed by atoms with Gasteiger partial charge in [0.15, 0.2) is 0 Å². The van der Waals surface area contributed by atoms with Crippen LogP contribution >= 0.6 is 0 Å². The number of aromatic nitrogens is 2. The Bertz CT molecular complexity index is 373. The Labute approximate surface area is 94.0 Å². The average molecular weight is 224 g/mol. The van der Waals surface area contributed by atoms with Crippen LogP contribution in [0.15, 0.2) is 6.20 Å². The van der Waals surface area contributed by atoms with E-state index >= 15 is 0 Å². The highest BCUT2D eigenvalue weighted by molar-refractivity contribution is 5.94. The summed E-state index contributed by atoms with van der Waals surface area (Å²) in [6, 6.07) is 0. The lowest BCUT2D eigenvalue weighted by Gasteiger charge is -2.03. The number of nitrogens with one attached hydrogen (secondary N) is 2. The highest BCUT2D eigenvalue weighted by Crippen LogP contribution is 2.03. The summed E-state index contributed by atoms with van der Waals surface area (Å²) in [5.41, 5.74) is 1.30. The molecule has 0 spiro atoms. The molecule has 0 fully saturated rings. The molecule has 2 N–H and O–H groups in total. The van der Waals surface area contributed by atoms with Crippen LogP contribution in [0.5, 0.6) is 0 Å². The molecular formula is C10H16N4O2. The van der Waals surface area contributed by atoms with Crippen LogP contribution in [0.1, 0.15) is 22.5 Å². The summed E-state index contributed by atoms with van der Waals surface area (Å²) in [6.07, 6.45) is 3.05. The second-order valence-corrected chi connectivity index (χ2v) is 3.48. The molecule has 1 heterocycles. The van der Waals surface area contributed by atoms with E-state index in [1.165, 1.54) is 0 Å². The Morgan fingerprint density at radius 3 is 2.88 bits per heavy atom. The number of nitrogens with zero attached hydrogens (tertiary/aromatic N) is 2. The molecule has 88 valence electrons. The first-order valence-electron chi connectivity index (χ1n) is 5.10. The fraction of sp³-hybridized carbons (Fsp3) is 0.500. The lowest BCUT2D eigenvalue weighted by atomic mass is 10.2. The third kappa shape index (κ3) is 3.38. The van der Waals surface area contributed by atoms with Crippen molar-refractivity contribution in [2.24, 2.45) is 7.05 Å². The lowest BCUT2D eigenvalue weighted by molar-refractivity contribution is -0.109. The van der Waals surface area contributed by atoms with Crippen LogP contribution in [0.2, 0.25) is 0 Å². The van der Waals surface area contributed by atoms with Gasteiger partial charge in [0, 0.05) is 26.3 Å². The fourth-order valence-corrected chi connectivity index (χ4v) is 1.37. The van der Waals surface area contributed by atoms with Crippen molar-refractivity contribution >= 4 is 12.3 Å². The zero-order chi connectivity index (χ0) is 12.0. The van der Waals surface area contributed by atoms with Gasteiger partial charge in [-0.3, -0.25) is 14.3 Å². The molecule has 0 aliphatic rings. The Balaban J connectivity index is 2.35. The van der Waals surface area contributed by atoms with Crippen LogP contribution in [0.4, 0.5) is 0 Å². The van der Waals surface area contributed by atoms with Crippen molar-refractivity contribution in [2.75, 3.05) is 13.1 Å². The summed E-state index contributed by atoms with van der Waals surface area (Å²) < 4.78 is 1.61. The van der Waals surface area contributed by atoms with Gasteiger partial charge in [0.25, 0.3) is 5.91 Å². The van der Waals surface area contributed by atoms with Gasteiger partial charge >= 0.3 is 0 Å². The smallest absolute Gasteiger partial charge is 0.254 e. The van der Waals surface area contributed by atoms with Crippen molar-refractivity contribution in [3.8, 4) is 0 Å².